The highest BCUT2D eigenvalue weighted by Crippen LogP contribution is 2.29. The average molecular weight is 402 g/mol. The molecule has 0 saturated carbocycles. The Morgan fingerprint density at radius 1 is 1.03 bits per heavy atom. The molecule has 3 aromatic rings. The standard InChI is InChI=1S/C21H12ClN5O2/c22-18-9-14(11-23-26-18)19-20-25-16(10-15-7-4-8-29-15)21(28)27(20)12-17(24-19)13-5-2-1-3-6-13/h1-12H/b16-10-. The van der Waals surface area contributed by atoms with Crippen molar-refractivity contribution in [2.24, 2.45) is 9.98 Å². The van der Waals surface area contributed by atoms with Gasteiger partial charge in [0.1, 0.15) is 17.2 Å². The van der Waals surface area contributed by atoms with Crippen molar-refractivity contribution < 1.29 is 9.21 Å². The van der Waals surface area contributed by atoms with Gasteiger partial charge in [0.2, 0.25) is 0 Å². The van der Waals surface area contributed by atoms with E-state index in [0.717, 1.165) is 5.56 Å². The first-order valence-corrected chi connectivity index (χ1v) is 9.09. The Morgan fingerprint density at radius 2 is 1.90 bits per heavy atom. The van der Waals surface area contributed by atoms with Gasteiger partial charge >= 0.3 is 0 Å². The van der Waals surface area contributed by atoms with Gasteiger partial charge in [0.15, 0.2) is 11.0 Å². The second kappa shape index (κ2) is 6.96. The van der Waals surface area contributed by atoms with Crippen molar-refractivity contribution in [3.05, 3.63) is 94.9 Å². The van der Waals surface area contributed by atoms with Crippen LogP contribution in [0.3, 0.4) is 0 Å². The Hall–Kier alpha value is -3.84. The fourth-order valence-electron chi connectivity index (χ4n) is 3.06. The van der Waals surface area contributed by atoms with Gasteiger partial charge in [-0.3, -0.25) is 9.69 Å². The molecule has 5 rings (SSSR count). The van der Waals surface area contributed by atoms with Crippen molar-refractivity contribution in [1.29, 1.82) is 0 Å². The Labute approximate surface area is 170 Å². The summed E-state index contributed by atoms with van der Waals surface area (Å²) in [5.74, 6) is 0.666. The fourth-order valence-corrected chi connectivity index (χ4v) is 3.22. The topological polar surface area (TPSA) is 83.9 Å². The van der Waals surface area contributed by atoms with Crippen LogP contribution in [0.1, 0.15) is 16.9 Å². The van der Waals surface area contributed by atoms with Crippen LogP contribution in [0.25, 0.3) is 11.8 Å². The molecule has 0 spiro atoms. The lowest BCUT2D eigenvalue weighted by Crippen LogP contribution is -2.35. The number of carbonyl (C=O) groups excluding carboxylic acids is 1. The van der Waals surface area contributed by atoms with Gasteiger partial charge in [-0.05, 0) is 18.2 Å². The van der Waals surface area contributed by atoms with Crippen LogP contribution in [-0.2, 0) is 4.79 Å². The lowest BCUT2D eigenvalue weighted by atomic mass is 10.1. The van der Waals surface area contributed by atoms with Crippen LogP contribution in [0.4, 0.5) is 0 Å². The fraction of sp³-hybridized carbons (Fsp3) is 0. The van der Waals surface area contributed by atoms with Gasteiger partial charge in [0.25, 0.3) is 5.91 Å². The smallest absolute Gasteiger partial charge is 0.282 e. The maximum Gasteiger partial charge on any atom is 0.282 e. The van der Waals surface area contributed by atoms with Crippen molar-refractivity contribution in [3.8, 4) is 0 Å². The Morgan fingerprint density at radius 3 is 2.66 bits per heavy atom. The minimum absolute atomic E-state index is 0.226. The van der Waals surface area contributed by atoms with E-state index in [-0.39, 0.29) is 16.8 Å². The van der Waals surface area contributed by atoms with Crippen LogP contribution in [0.15, 0.2) is 87.3 Å². The minimum Gasteiger partial charge on any atom is -0.465 e. The first-order valence-electron chi connectivity index (χ1n) is 8.71. The molecular weight excluding hydrogens is 390 g/mol. The summed E-state index contributed by atoms with van der Waals surface area (Å²) in [4.78, 5) is 23.8. The highest BCUT2D eigenvalue weighted by Gasteiger charge is 2.36. The summed E-state index contributed by atoms with van der Waals surface area (Å²) in [7, 11) is 0. The molecule has 0 saturated heterocycles. The van der Waals surface area contributed by atoms with Crippen LogP contribution in [-0.4, -0.2) is 32.6 Å². The number of hydrogen-bond acceptors (Lipinski definition) is 6. The van der Waals surface area contributed by atoms with E-state index in [4.69, 9.17) is 21.0 Å². The number of carbonyl (C=O) groups is 1. The molecule has 7 nitrogen and oxygen atoms in total. The van der Waals surface area contributed by atoms with E-state index >= 15 is 0 Å². The number of amides is 1. The highest BCUT2D eigenvalue weighted by molar-refractivity contribution is 6.53. The number of halogens is 1. The van der Waals surface area contributed by atoms with Crippen LogP contribution in [0, 0.1) is 0 Å². The van der Waals surface area contributed by atoms with Crippen molar-refractivity contribution in [3.63, 3.8) is 0 Å². The van der Waals surface area contributed by atoms with Gasteiger partial charge < -0.3 is 4.42 Å². The highest BCUT2D eigenvalue weighted by atomic mass is 35.5. The predicted octanol–water partition coefficient (Wildman–Crippen LogP) is 3.81. The number of furan rings is 1. The molecule has 0 fully saturated rings. The first kappa shape index (κ1) is 17.3. The Kier molecular flexibility index (Phi) is 4.14. The summed E-state index contributed by atoms with van der Waals surface area (Å²) in [6.07, 6.45) is 6.35. The zero-order chi connectivity index (χ0) is 19.8. The van der Waals surface area contributed by atoms with E-state index < -0.39 is 0 Å². The maximum atomic E-state index is 13.0. The SMILES string of the molecule is O=C1/C(=C/c2ccco2)N=C2C(c3cnnc(Cl)c3)=NC(c3ccccc3)=CN12. The monoisotopic (exact) mass is 401 g/mol. The van der Waals surface area contributed by atoms with Crippen molar-refractivity contribution >= 4 is 40.8 Å². The lowest BCUT2D eigenvalue weighted by Gasteiger charge is -2.21. The molecule has 0 radical (unpaired) electrons. The number of aromatic nitrogens is 2. The van der Waals surface area contributed by atoms with E-state index in [0.29, 0.717) is 28.6 Å². The molecule has 29 heavy (non-hydrogen) atoms. The lowest BCUT2D eigenvalue weighted by molar-refractivity contribution is -0.120. The van der Waals surface area contributed by atoms with Gasteiger partial charge in [0, 0.05) is 23.4 Å². The normalized spacial score (nSPS) is 17.1. The summed E-state index contributed by atoms with van der Waals surface area (Å²) in [6.45, 7) is 0. The molecule has 0 bridgehead atoms. The minimum atomic E-state index is -0.273. The number of amidine groups is 1. The number of nitrogens with zero attached hydrogens (tertiary/aromatic N) is 5. The second-order valence-electron chi connectivity index (χ2n) is 6.26. The molecule has 1 aromatic carbocycles. The Bertz CT molecular complexity index is 1230. The van der Waals surface area contributed by atoms with Gasteiger partial charge in [-0.25, -0.2) is 9.98 Å². The molecule has 0 atom stereocenters. The van der Waals surface area contributed by atoms with Gasteiger partial charge in [-0.15, -0.1) is 5.10 Å². The van der Waals surface area contributed by atoms with E-state index in [1.165, 1.54) is 17.4 Å². The zero-order valence-electron chi connectivity index (χ0n) is 14.9. The molecule has 1 amide bonds. The quantitative estimate of drug-likeness (QED) is 0.625. The third-order valence-corrected chi connectivity index (χ3v) is 4.56. The summed E-state index contributed by atoms with van der Waals surface area (Å²) < 4.78 is 5.32. The molecule has 0 aliphatic carbocycles. The van der Waals surface area contributed by atoms with E-state index in [2.05, 4.69) is 15.2 Å². The molecule has 8 heteroatoms. The third-order valence-electron chi connectivity index (χ3n) is 4.38. The van der Waals surface area contributed by atoms with E-state index in [1.54, 1.807) is 30.5 Å². The average Bonchev–Trinajstić information content (AvgIpc) is 3.37. The molecule has 0 N–H and O–H groups in total. The van der Waals surface area contributed by atoms with E-state index in [1.807, 2.05) is 30.3 Å². The number of hydrogen-bond donors (Lipinski definition) is 0. The van der Waals surface area contributed by atoms with E-state index in [9.17, 15) is 4.79 Å². The molecular formula is C21H12ClN5O2. The molecule has 2 aliphatic heterocycles. The number of fused-ring (bicyclic) bond motifs is 1. The number of aliphatic imine (C=N–C) groups is 2. The van der Waals surface area contributed by atoms with Crippen molar-refractivity contribution in [2.45, 2.75) is 0 Å². The zero-order valence-corrected chi connectivity index (χ0v) is 15.6. The molecule has 2 aromatic heterocycles. The van der Waals surface area contributed by atoms with Crippen LogP contribution < -0.4 is 0 Å². The van der Waals surface area contributed by atoms with Gasteiger partial charge in [-0.2, -0.15) is 5.10 Å². The summed E-state index contributed by atoms with van der Waals surface area (Å²) in [5, 5.41) is 7.90. The second-order valence-corrected chi connectivity index (χ2v) is 6.65. The van der Waals surface area contributed by atoms with Gasteiger partial charge in [0.05, 0.1) is 18.2 Å². The first-order chi connectivity index (χ1) is 14.2. The summed E-state index contributed by atoms with van der Waals surface area (Å²) >= 11 is 6.03. The molecule has 2 aliphatic rings. The van der Waals surface area contributed by atoms with Crippen molar-refractivity contribution in [1.82, 2.24) is 15.1 Å². The van der Waals surface area contributed by atoms with Crippen LogP contribution in [0.2, 0.25) is 5.15 Å². The predicted molar refractivity (Wildman–Crippen MR) is 109 cm³/mol. The Balaban J connectivity index is 1.66. The van der Waals surface area contributed by atoms with Gasteiger partial charge in [-0.1, -0.05) is 41.9 Å². The largest absolute Gasteiger partial charge is 0.465 e. The summed E-state index contributed by atoms with van der Waals surface area (Å²) in [5.41, 5.74) is 2.84. The number of rotatable bonds is 3. The molecule has 4 heterocycles. The number of benzene rings is 1. The third kappa shape index (κ3) is 3.17. The molecule has 0 unspecified atom stereocenters. The summed E-state index contributed by atoms with van der Waals surface area (Å²) in [6, 6.07) is 14.7. The van der Waals surface area contributed by atoms with Crippen LogP contribution >= 0.6 is 11.6 Å². The van der Waals surface area contributed by atoms with Crippen LogP contribution in [0.5, 0.6) is 0 Å². The molecule has 140 valence electrons. The maximum absolute atomic E-state index is 13.0. The van der Waals surface area contributed by atoms with Crippen molar-refractivity contribution in [2.75, 3.05) is 0 Å².